The van der Waals surface area contributed by atoms with Gasteiger partial charge < -0.3 is 10.2 Å². The molecule has 1 heterocycles. The molecule has 1 N–H and O–H groups in total. The Balaban J connectivity index is 1.65. The molecule has 0 amide bonds. The zero-order valence-corrected chi connectivity index (χ0v) is 14.2. The maximum atomic E-state index is 5.91. The molecule has 0 bridgehead atoms. The number of nitrogens with zero attached hydrogens (tertiary/aromatic N) is 1. The Morgan fingerprint density at radius 1 is 1.24 bits per heavy atom. The second kappa shape index (κ2) is 8.77. The SMILES string of the molecule is CCCN1CCC(C(C)NCCc2ccc(Cl)cc2)CC1. The first kappa shape index (κ1) is 16.8. The van der Waals surface area contributed by atoms with E-state index in [0.29, 0.717) is 6.04 Å². The monoisotopic (exact) mass is 308 g/mol. The Hall–Kier alpha value is -0.570. The first-order chi connectivity index (χ1) is 10.2. The summed E-state index contributed by atoms with van der Waals surface area (Å²) < 4.78 is 0. The van der Waals surface area contributed by atoms with Crippen molar-refractivity contribution in [2.45, 2.75) is 45.6 Å². The molecule has 1 saturated heterocycles. The second-order valence-corrected chi connectivity index (χ2v) is 6.73. The minimum Gasteiger partial charge on any atom is -0.314 e. The van der Waals surface area contributed by atoms with Crippen molar-refractivity contribution in [2.75, 3.05) is 26.2 Å². The van der Waals surface area contributed by atoms with Crippen LogP contribution in [0.1, 0.15) is 38.7 Å². The Morgan fingerprint density at radius 3 is 2.52 bits per heavy atom. The number of halogens is 1. The van der Waals surface area contributed by atoms with Gasteiger partial charge in [0.15, 0.2) is 0 Å². The van der Waals surface area contributed by atoms with Crippen molar-refractivity contribution in [3.05, 3.63) is 34.9 Å². The largest absolute Gasteiger partial charge is 0.314 e. The number of likely N-dealkylation sites (tertiary alicyclic amines) is 1. The van der Waals surface area contributed by atoms with Gasteiger partial charge in [0.1, 0.15) is 0 Å². The normalized spacial score (nSPS) is 18.8. The molecule has 1 aliphatic heterocycles. The van der Waals surface area contributed by atoms with Gasteiger partial charge in [0, 0.05) is 11.1 Å². The van der Waals surface area contributed by atoms with Crippen molar-refractivity contribution < 1.29 is 0 Å². The van der Waals surface area contributed by atoms with Crippen LogP contribution in [0.2, 0.25) is 5.02 Å². The smallest absolute Gasteiger partial charge is 0.0406 e. The molecule has 1 aliphatic rings. The zero-order valence-electron chi connectivity index (χ0n) is 13.4. The van der Waals surface area contributed by atoms with Gasteiger partial charge in [-0.25, -0.2) is 0 Å². The van der Waals surface area contributed by atoms with Gasteiger partial charge in [-0.3, -0.25) is 0 Å². The summed E-state index contributed by atoms with van der Waals surface area (Å²) in [6, 6.07) is 8.82. The lowest BCUT2D eigenvalue weighted by Crippen LogP contribution is -2.42. The molecule has 3 heteroatoms. The molecular weight excluding hydrogens is 280 g/mol. The van der Waals surface area contributed by atoms with E-state index < -0.39 is 0 Å². The minimum absolute atomic E-state index is 0.626. The van der Waals surface area contributed by atoms with Crippen LogP contribution in [0.3, 0.4) is 0 Å². The quantitative estimate of drug-likeness (QED) is 0.819. The minimum atomic E-state index is 0.626. The predicted octanol–water partition coefficient (Wildman–Crippen LogP) is 3.98. The fourth-order valence-corrected chi connectivity index (χ4v) is 3.38. The summed E-state index contributed by atoms with van der Waals surface area (Å²) in [5.41, 5.74) is 1.36. The van der Waals surface area contributed by atoms with E-state index in [9.17, 15) is 0 Å². The van der Waals surface area contributed by atoms with Crippen molar-refractivity contribution in [3.63, 3.8) is 0 Å². The molecule has 1 aromatic carbocycles. The van der Waals surface area contributed by atoms with Crippen molar-refractivity contribution in [3.8, 4) is 0 Å². The fraction of sp³-hybridized carbons (Fsp3) is 0.667. The molecule has 0 aromatic heterocycles. The summed E-state index contributed by atoms with van der Waals surface area (Å²) in [6.45, 7) is 9.50. The summed E-state index contributed by atoms with van der Waals surface area (Å²) in [7, 11) is 0. The standard InChI is InChI=1S/C18H29ClN2/c1-3-12-21-13-9-17(10-14-21)15(2)20-11-8-16-4-6-18(19)7-5-16/h4-7,15,17,20H,3,8-14H2,1-2H3. The number of nitrogens with one attached hydrogen (secondary N) is 1. The van der Waals surface area contributed by atoms with Crippen LogP contribution >= 0.6 is 11.6 Å². The van der Waals surface area contributed by atoms with E-state index in [1.54, 1.807) is 0 Å². The third kappa shape index (κ3) is 5.61. The highest BCUT2D eigenvalue weighted by Gasteiger charge is 2.22. The van der Waals surface area contributed by atoms with Crippen molar-refractivity contribution >= 4 is 11.6 Å². The topological polar surface area (TPSA) is 15.3 Å². The van der Waals surface area contributed by atoms with Crippen molar-refractivity contribution in [1.29, 1.82) is 0 Å². The number of piperidine rings is 1. The number of hydrogen-bond acceptors (Lipinski definition) is 2. The van der Waals surface area contributed by atoms with Crippen LogP contribution in [-0.4, -0.2) is 37.1 Å². The molecule has 1 fully saturated rings. The molecule has 2 nitrogen and oxygen atoms in total. The highest BCUT2D eigenvalue weighted by Crippen LogP contribution is 2.20. The van der Waals surface area contributed by atoms with Gasteiger partial charge in [0.25, 0.3) is 0 Å². The molecule has 0 saturated carbocycles. The Kier molecular flexibility index (Phi) is 7.01. The van der Waals surface area contributed by atoms with Gasteiger partial charge in [-0.15, -0.1) is 0 Å². The van der Waals surface area contributed by atoms with E-state index in [0.717, 1.165) is 23.9 Å². The third-order valence-corrected chi connectivity index (χ3v) is 4.92. The van der Waals surface area contributed by atoms with Crippen LogP contribution in [0.15, 0.2) is 24.3 Å². The maximum Gasteiger partial charge on any atom is 0.0406 e. The highest BCUT2D eigenvalue weighted by atomic mass is 35.5. The van der Waals surface area contributed by atoms with Gasteiger partial charge in [-0.1, -0.05) is 30.7 Å². The van der Waals surface area contributed by atoms with E-state index in [-0.39, 0.29) is 0 Å². The predicted molar refractivity (Wildman–Crippen MR) is 92.1 cm³/mol. The molecule has 2 rings (SSSR count). The van der Waals surface area contributed by atoms with Crippen LogP contribution in [0, 0.1) is 5.92 Å². The van der Waals surface area contributed by atoms with Gasteiger partial charge in [0.05, 0.1) is 0 Å². The first-order valence-corrected chi connectivity index (χ1v) is 8.77. The van der Waals surface area contributed by atoms with Crippen LogP contribution in [-0.2, 0) is 6.42 Å². The Labute approximate surface area is 134 Å². The molecule has 0 aliphatic carbocycles. The summed E-state index contributed by atoms with van der Waals surface area (Å²) in [5.74, 6) is 0.836. The van der Waals surface area contributed by atoms with Crippen molar-refractivity contribution in [1.82, 2.24) is 10.2 Å². The van der Waals surface area contributed by atoms with Crippen LogP contribution < -0.4 is 5.32 Å². The Morgan fingerprint density at radius 2 is 1.90 bits per heavy atom. The maximum absolute atomic E-state index is 5.91. The molecule has 21 heavy (non-hydrogen) atoms. The van der Waals surface area contributed by atoms with Crippen LogP contribution in [0.4, 0.5) is 0 Å². The molecule has 118 valence electrons. The number of rotatable bonds is 7. The van der Waals surface area contributed by atoms with Gasteiger partial charge in [-0.05, 0) is 82.4 Å². The van der Waals surface area contributed by atoms with Crippen LogP contribution in [0.25, 0.3) is 0 Å². The molecule has 0 spiro atoms. The average molecular weight is 309 g/mol. The summed E-state index contributed by atoms with van der Waals surface area (Å²) in [5, 5.41) is 4.53. The van der Waals surface area contributed by atoms with E-state index >= 15 is 0 Å². The lowest BCUT2D eigenvalue weighted by atomic mass is 9.90. The van der Waals surface area contributed by atoms with E-state index in [4.69, 9.17) is 11.6 Å². The molecule has 0 radical (unpaired) electrons. The summed E-state index contributed by atoms with van der Waals surface area (Å²) >= 11 is 5.91. The molecule has 1 atom stereocenters. The number of hydrogen-bond donors (Lipinski definition) is 1. The second-order valence-electron chi connectivity index (χ2n) is 6.30. The van der Waals surface area contributed by atoms with Gasteiger partial charge in [0.2, 0.25) is 0 Å². The van der Waals surface area contributed by atoms with Gasteiger partial charge >= 0.3 is 0 Å². The van der Waals surface area contributed by atoms with Gasteiger partial charge in [-0.2, -0.15) is 0 Å². The molecular formula is C18H29ClN2. The van der Waals surface area contributed by atoms with Crippen LogP contribution in [0.5, 0.6) is 0 Å². The fourth-order valence-electron chi connectivity index (χ4n) is 3.25. The Bertz CT molecular complexity index is 396. The first-order valence-electron chi connectivity index (χ1n) is 8.39. The number of benzene rings is 1. The van der Waals surface area contributed by atoms with E-state index in [2.05, 4.69) is 36.2 Å². The zero-order chi connectivity index (χ0) is 15.1. The summed E-state index contributed by atoms with van der Waals surface area (Å²) in [6.07, 6.45) is 5.04. The van der Waals surface area contributed by atoms with E-state index in [1.807, 2.05) is 12.1 Å². The average Bonchev–Trinajstić information content (AvgIpc) is 2.50. The molecule has 1 aromatic rings. The van der Waals surface area contributed by atoms with E-state index in [1.165, 1.54) is 44.5 Å². The highest BCUT2D eigenvalue weighted by molar-refractivity contribution is 6.30. The molecule has 1 unspecified atom stereocenters. The third-order valence-electron chi connectivity index (χ3n) is 4.67. The summed E-state index contributed by atoms with van der Waals surface area (Å²) in [4.78, 5) is 2.61. The lowest BCUT2D eigenvalue weighted by molar-refractivity contribution is 0.163. The lowest BCUT2D eigenvalue weighted by Gasteiger charge is -2.35. The van der Waals surface area contributed by atoms with Crippen molar-refractivity contribution in [2.24, 2.45) is 5.92 Å².